The van der Waals surface area contributed by atoms with Crippen molar-refractivity contribution in [1.29, 1.82) is 0 Å². The highest BCUT2D eigenvalue weighted by Gasteiger charge is 2.20. The first kappa shape index (κ1) is 17.0. The number of hydrogen-bond acceptors (Lipinski definition) is 4. The number of methoxy groups -OCH3 is 1. The highest BCUT2D eigenvalue weighted by atomic mass is 16.5. The molecule has 0 fully saturated rings. The third kappa shape index (κ3) is 3.36. The van der Waals surface area contributed by atoms with E-state index in [1.165, 1.54) is 6.92 Å². The van der Waals surface area contributed by atoms with Crippen LogP contribution in [0.3, 0.4) is 0 Å². The molecular weight excluding hydrogens is 316 g/mol. The van der Waals surface area contributed by atoms with Crippen LogP contribution in [-0.2, 0) is 11.2 Å². The molecule has 0 spiro atoms. The first-order chi connectivity index (χ1) is 12.0. The Morgan fingerprint density at radius 2 is 1.92 bits per heavy atom. The van der Waals surface area contributed by atoms with E-state index in [9.17, 15) is 4.79 Å². The lowest BCUT2D eigenvalue weighted by atomic mass is 9.97. The Morgan fingerprint density at radius 1 is 1.20 bits per heavy atom. The van der Waals surface area contributed by atoms with Crippen LogP contribution in [0.5, 0.6) is 5.88 Å². The fourth-order valence-electron chi connectivity index (χ4n) is 3.09. The number of nitrogens with zero attached hydrogens (tertiary/aromatic N) is 1. The minimum atomic E-state index is -0.0491. The lowest BCUT2D eigenvalue weighted by Gasteiger charge is -2.09. The zero-order valence-electron chi connectivity index (χ0n) is 15.0. The van der Waals surface area contributed by atoms with Gasteiger partial charge in [0.05, 0.1) is 7.11 Å². The number of ether oxygens (including phenoxy) is 1. The zero-order valence-corrected chi connectivity index (χ0v) is 15.0. The molecule has 5 nitrogen and oxygen atoms in total. The van der Waals surface area contributed by atoms with Crippen LogP contribution in [-0.4, -0.2) is 24.5 Å². The molecule has 0 bridgehead atoms. The third-order valence-corrected chi connectivity index (χ3v) is 4.27. The van der Waals surface area contributed by atoms with Gasteiger partial charge >= 0.3 is 0 Å². The van der Waals surface area contributed by atoms with Crippen molar-refractivity contribution in [2.24, 2.45) is 0 Å². The molecule has 0 saturated heterocycles. The Bertz CT molecular complexity index is 908. The van der Waals surface area contributed by atoms with Crippen LogP contribution in [0.2, 0.25) is 0 Å². The largest absolute Gasteiger partial charge is 0.481 e. The minimum Gasteiger partial charge on any atom is -0.481 e. The molecule has 0 aliphatic carbocycles. The quantitative estimate of drug-likeness (QED) is 0.768. The maximum Gasteiger partial charge on any atom is 0.216 e. The Labute approximate surface area is 147 Å². The van der Waals surface area contributed by atoms with Crippen molar-refractivity contribution in [2.75, 3.05) is 13.7 Å². The predicted octanol–water partition coefficient (Wildman–Crippen LogP) is 3.80. The van der Waals surface area contributed by atoms with Crippen LogP contribution >= 0.6 is 0 Å². The summed E-state index contributed by atoms with van der Waals surface area (Å²) >= 11 is 0. The van der Waals surface area contributed by atoms with Crippen LogP contribution in [0, 0.1) is 13.8 Å². The molecule has 5 heteroatoms. The van der Waals surface area contributed by atoms with E-state index in [0.717, 1.165) is 39.1 Å². The first-order valence-corrected chi connectivity index (χ1v) is 8.28. The van der Waals surface area contributed by atoms with Crippen molar-refractivity contribution in [3.8, 4) is 17.2 Å². The van der Waals surface area contributed by atoms with Gasteiger partial charge in [-0.05, 0) is 37.5 Å². The van der Waals surface area contributed by atoms with E-state index in [-0.39, 0.29) is 5.91 Å². The Morgan fingerprint density at radius 3 is 2.56 bits per heavy atom. The molecule has 1 N–H and O–H groups in total. The second kappa shape index (κ2) is 6.97. The van der Waals surface area contributed by atoms with Crippen molar-refractivity contribution >= 4 is 17.0 Å². The second-order valence-corrected chi connectivity index (χ2v) is 6.11. The Hall–Kier alpha value is -2.82. The standard InChI is InChI=1S/C20H22N2O3/c1-12-6-5-7-13(2)18(12)20-15(10-11-21-14(3)23)19-16(25-20)8-9-17(22-19)24-4/h5-9H,10-11H2,1-4H3,(H,21,23). The second-order valence-electron chi connectivity index (χ2n) is 6.11. The van der Waals surface area contributed by atoms with Gasteiger partial charge in [-0.2, -0.15) is 0 Å². The van der Waals surface area contributed by atoms with Gasteiger partial charge in [-0.1, -0.05) is 18.2 Å². The number of benzene rings is 1. The summed E-state index contributed by atoms with van der Waals surface area (Å²) < 4.78 is 11.4. The monoisotopic (exact) mass is 338 g/mol. The number of rotatable bonds is 5. The topological polar surface area (TPSA) is 64.4 Å². The average Bonchev–Trinajstić information content (AvgIpc) is 2.92. The van der Waals surface area contributed by atoms with E-state index in [1.807, 2.05) is 12.1 Å². The summed E-state index contributed by atoms with van der Waals surface area (Å²) in [5.41, 5.74) is 5.86. The van der Waals surface area contributed by atoms with Crippen LogP contribution in [0.15, 0.2) is 34.7 Å². The van der Waals surface area contributed by atoms with Gasteiger partial charge < -0.3 is 14.5 Å². The summed E-state index contributed by atoms with van der Waals surface area (Å²) in [6.45, 7) is 6.18. The van der Waals surface area contributed by atoms with Crippen molar-refractivity contribution < 1.29 is 13.9 Å². The highest BCUT2D eigenvalue weighted by molar-refractivity contribution is 5.86. The Balaban J connectivity index is 2.17. The van der Waals surface area contributed by atoms with E-state index in [2.05, 4.69) is 36.3 Å². The summed E-state index contributed by atoms with van der Waals surface area (Å²) in [6.07, 6.45) is 0.635. The van der Waals surface area contributed by atoms with E-state index < -0.39 is 0 Å². The molecular formula is C20H22N2O3. The van der Waals surface area contributed by atoms with Gasteiger partial charge in [-0.25, -0.2) is 4.98 Å². The summed E-state index contributed by atoms with van der Waals surface area (Å²) in [6, 6.07) is 9.84. The van der Waals surface area contributed by atoms with E-state index >= 15 is 0 Å². The average molecular weight is 338 g/mol. The molecule has 130 valence electrons. The molecule has 0 unspecified atom stereocenters. The van der Waals surface area contributed by atoms with E-state index in [0.29, 0.717) is 18.8 Å². The number of aromatic nitrogens is 1. The molecule has 2 heterocycles. The summed E-state index contributed by atoms with van der Waals surface area (Å²) in [7, 11) is 1.59. The zero-order chi connectivity index (χ0) is 18.0. The number of furan rings is 1. The molecule has 1 amide bonds. The molecule has 3 aromatic rings. The smallest absolute Gasteiger partial charge is 0.216 e. The molecule has 0 aliphatic rings. The molecule has 25 heavy (non-hydrogen) atoms. The highest BCUT2D eigenvalue weighted by Crippen LogP contribution is 2.37. The third-order valence-electron chi connectivity index (χ3n) is 4.27. The lowest BCUT2D eigenvalue weighted by Crippen LogP contribution is -2.22. The number of nitrogens with one attached hydrogen (secondary N) is 1. The summed E-state index contributed by atoms with van der Waals surface area (Å²) in [5.74, 6) is 1.31. The van der Waals surface area contributed by atoms with Crippen molar-refractivity contribution in [3.63, 3.8) is 0 Å². The number of pyridine rings is 1. The van der Waals surface area contributed by atoms with Crippen LogP contribution in [0.1, 0.15) is 23.6 Å². The maximum atomic E-state index is 11.2. The number of carbonyl (C=O) groups excluding carboxylic acids is 1. The molecule has 0 atom stereocenters. The van der Waals surface area contributed by atoms with Gasteiger partial charge in [0.2, 0.25) is 11.8 Å². The van der Waals surface area contributed by atoms with Gasteiger partial charge in [0, 0.05) is 30.7 Å². The molecule has 1 aromatic carbocycles. The number of hydrogen-bond donors (Lipinski definition) is 1. The van der Waals surface area contributed by atoms with Crippen LogP contribution in [0.4, 0.5) is 0 Å². The molecule has 0 aliphatic heterocycles. The molecule has 3 rings (SSSR count). The van der Waals surface area contributed by atoms with Gasteiger partial charge in [-0.15, -0.1) is 0 Å². The fourth-order valence-corrected chi connectivity index (χ4v) is 3.09. The predicted molar refractivity (Wildman–Crippen MR) is 97.9 cm³/mol. The number of amides is 1. The van der Waals surface area contributed by atoms with E-state index in [1.54, 1.807) is 13.2 Å². The molecule has 0 saturated carbocycles. The summed E-state index contributed by atoms with van der Waals surface area (Å²) in [4.78, 5) is 15.8. The lowest BCUT2D eigenvalue weighted by molar-refractivity contribution is -0.118. The fraction of sp³-hybridized carbons (Fsp3) is 0.300. The molecule has 2 aromatic heterocycles. The minimum absolute atomic E-state index is 0.0491. The van der Waals surface area contributed by atoms with Crippen molar-refractivity contribution in [1.82, 2.24) is 10.3 Å². The number of carbonyl (C=O) groups is 1. The van der Waals surface area contributed by atoms with Gasteiger partial charge in [-0.3, -0.25) is 4.79 Å². The van der Waals surface area contributed by atoms with Gasteiger partial charge in [0.25, 0.3) is 0 Å². The SMILES string of the molecule is COc1ccc2oc(-c3c(C)cccc3C)c(CCNC(C)=O)c2n1. The van der Waals surface area contributed by atoms with Crippen LogP contribution in [0.25, 0.3) is 22.4 Å². The molecule has 0 radical (unpaired) electrons. The van der Waals surface area contributed by atoms with Crippen molar-refractivity contribution in [2.45, 2.75) is 27.2 Å². The van der Waals surface area contributed by atoms with Crippen LogP contribution < -0.4 is 10.1 Å². The first-order valence-electron chi connectivity index (χ1n) is 8.28. The normalized spacial score (nSPS) is 10.9. The number of fused-ring (bicyclic) bond motifs is 1. The van der Waals surface area contributed by atoms with Gasteiger partial charge in [0.15, 0.2) is 5.58 Å². The van der Waals surface area contributed by atoms with Crippen molar-refractivity contribution in [3.05, 3.63) is 47.0 Å². The summed E-state index contributed by atoms with van der Waals surface area (Å²) in [5, 5.41) is 2.85. The van der Waals surface area contributed by atoms with E-state index in [4.69, 9.17) is 9.15 Å². The Kier molecular flexibility index (Phi) is 4.74. The van der Waals surface area contributed by atoms with Gasteiger partial charge in [0.1, 0.15) is 11.3 Å². The maximum absolute atomic E-state index is 11.2. The number of aryl methyl sites for hydroxylation is 2.